The van der Waals surface area contributed by atoms with E-state index in [9.17, 15) is 4.79 Å². The van der Waals surface area contributed by atoms with Crippen LogP contribution < -0.4 is 10.6 Å². The van der Waals surface area contributed by atoms with Crippen LogP contribution in [0.4, 0.5) is 0 Å². The molecule has 114 valence electrons. The van der Waals surface area contributed by atoms with Crippen molar-refractivity contribution in [1.82, 2.24) is 10.6 Å². The van der Waals surface area contributed by atoms with Crippen LogP contribution in [0.3, 0.4) is 0 Å². The molecular weight excluding hydrogens is 248 g/mol. The molecule has 0 aromatic carbocycles. The van der Waals surface area contributed by atoms with E-state index < -0.39 is 0 Å². The van der Waals surface area contributed by atoms with E-state index in [4.69, 9.17) is 14.2 Å². The maximum atomic E-state index is 10.5. The van der Waals surface area contributed by atoms with Crippen LogP contribution in [-0.2, 0) is 19.0 Å². The number of nitrogens with one attached hydrogen (secondary N) is 2. The molecule has 0 aromatic rings. The molecule has 0 amide bonds. The van der Waals surface area contributed by atoms with Gasteiger partial charge in [0.15, 0.2) is 0 Å². The zero-order valence-corrected chi connectivity index (χ0v) is 12.2. The molecule has 0 aliphatic carbocycles. The summed E-state index contributed by atoms with van der Waals surface area (Å²) in [5.74, 6) is 0. The fraction of sp³-hybridized carbons (Fsp3) is 0.923. The normalized spacial score (nSPS) is 12.5. The van der Waals surface area contributed by atoms with Crippen molar-refractivity contribution in [3.63, 3.8) is 0 Å². The molecule has 0 fully saturated rings. The summed E-state index contributed by atoms with van der Waals surface area (Å²) in [6.45, 7) is 7.26. The topological polar surface area (TPSA) is 68.8 Å². The Labute approximate surface area is 116 Å². The van der Waals surface area contributed by atoms with E-state index in [0.29, 0.717) is 39.6 Å². The fourth-order valence-corrected chi connectivity index (χ4v) is 1.31. The van der Waals surface area contributed by atoms with Gasteiger partial charge in [-0.3, -0.25) is 0 Å². The van der Waals surface area contributed by atoms with Gasteiger partial charge in [-0.05, 0) is 13.5 Å². The summed E-state index contributed by atoms with van der Waals surface area (Å²) in [6, 6.07) is -0.133. The van der Waals surface area contributed by atoms with E-state index in [0.717, 1.165) is 25.9 Å². The Morgan fingerprint density at radius 2 is 1.58 bits per heavy atom. The van der Waals surface area contributed by atoms with E-state index in [1.807, 2.05) is 0 Å². The summed E-state index contributed by atoms with van der Waals surface area (Å²) in [6.07, 6.45) is 1.93. The molecule has 0 heterocycles. The van der Waals surface area contributed by atoms with Crippen molar-refractivity contribution in [2.24, 2.45) is 0 Å². The quantitative estimate of drug-likeness (QED) is 0.319. The second-order valence-electron chi connectivity index (χ2n) is 4.07. The van der Waals surface area contributed by atoms with Gasteiger partial charge in [-0.25, -0.2) is 0 Å². The summed E-state index contributed by atoms with van der Waals surface area (Å²) in [5, 5.41) is 6.02. The Balaban J connectivity index is 3.04. The monoisotopic (exact) mass is 276 g/mol. The van der Waals surface area contributed by atoms with Gasteiger partial charge in [-0.1, -0.05) is 6.92 Å². The van der Waals surface area contributed by atoms with Crippen LogP contribution in [0, 0.1) is 0 Å². The second kappa shape index (κ2) is 15.5. The predicted octanol–water partition coefficient (Wildman–Crippen LogP) is -0.177. The van der Waals surface area contributed by atoms with Crippen LogP contribution in [-0.4, -0.2) is 72.1 Å². The van der Waals surface area contributed by atoms with E-state index in [1.165, 1.54) is 0 Å². The highest BCUT2D eigenvalue weighted by Crippen LogP contribution is 1.83. The number of hydrogen-bond donors (Lipinski definition) is 2. The lowest BCUT2D eigenvalue weighted by atomic mass is 10.3. The number of likely N-dealkylation sites (N-methyl/N-ethyl adjacent to an activating group) is 1. The molecule has 1 atom stereocenters. The maximum Gasteiger partial charge on any atom is 0.138 e. The van der Waals surface area contributed by atoms with Crippen LogP contribution in [0.15, 0.2) is 0 Å². The zero-order valence-electron chi connectivity index (χ0n) is 12.2. The molecule has 2 N–H and O–H groups in total. The lowest BCUT2D eigenvalue weighted by molar-refractivity contribution is -0.109. The van der Waals surface area contributed by atoms with Gasteiger partial charge in [-0.15, -0.1) is 0 Å². The average molecular weight is 276 g/mol. The third-order valence-corrected chi connectivity index (χ3v) is 2.41. The first-order valence-corrected chi connectivity index (χ1v) is 6.91. The van der Waals surface area contributed by atoms with Gasteiger partial charge in [0.2, 0.25) is 0 Å². The van der Waals surface area contributed by atoms with Crippen LogP contribution in [0.2, 0.25) is 0 Å². The highest BCUT2D eigenvalue weighted by molar-refractivity contribution is 5.57. The maximum absolute atomic E-state index is 10.5. The van der Waals surface area contributed by atoms with Gasteiger partial charge in [0.25, 0.3) is 0 Å². The minimum absolute atomic E-state index is 0.133. The fourth-order valence-electron chi connectivity index (χ4n) is 1.31. The van der Waals surface area contributed by atoms with Crippen LogP contribution >= 0.6 is 0 Å². The van der Waals surface area contributed by atoms with Gasteiger partial charge in [0, 0.05) is 19.7 Å². The lowest BCUT2D eigenvalue weighted by Crippen LogP contribution is -2.38. The van der Waals surface area contributed by atoms with Crippen molar-refractivity contribution >= 4 is 6.29 Å². The van der Waals surface area contributed by atoms with Crippen LogP contribution in [0.5, 0.6) is 0 Å². The van der Waals surface area contributed by atoms with Crippen molar-refractivity contribution in [2.45, 2.75) is 19.4 Å². The molecular formula is C13H28N2O4. The van der Waals surface area contributed by atoms with E-state index >= 15 is 0 Å². The van der Waals surface area contributed by atoms with Gasteiger partial charge in [0.1, 0.15) is 6.29 Å². The largest absolute Gasteiger partial charge is 0.379 e. The second-order valence-corrected chi connectivity index (χ2v) is 4.07. The Morgan fingerprint density at radius 1 is 1.00 bits per heavy atom. The minimum Gasteiger partial charge on any atom is -0.379 e. The molecule has 0 aliphatic heterocycles. The van der Waals surface area contributed by atoms with Crippen molar-refractivity contribution < 1.29 is 19.0 Å². The smallest absolute Gasteiger partial charge is 0.138 e. The SMILES string of the molecule is CCCOCCOCCOCCNCC(C=O)NC. The van der Waals surface area contributed by atoms with Crippen molar-refractivity contribution in [1.29, 1.82) is 0 Å². The van der Waals surface area contributed by atoms with Crippen molar-refractivity contribution in [3.8, 4) is 0 Å². The zero-order chi connectivity index (χ0) is 14.2. The highest BCUT2D eigenvalue weighted by Gasteiger charge is 2.01. The van der Waals surface area contributed by atoms with Crippen LogP contribution in [0.25, 0.3) is 0 Å². The number of hydrogen-bond acceptors (Lipinski definition) is 6. The molecule has 0 saturated heterocycles. The molecule has 0 spiro atoms. The van der Waals surface area contributed by atoms with E-state index in [-0.39, 0.29) is 6.04 Å². The Kier molecular flexibility index (Phi) is 15.1. The number of carbonyl (C=O) groups is 1. The van der Waals surface area contributed by atoms with Gasteiger partial charge < -0.3 is 29.6 Å². The number of rotatable bonds is 15. The van der Waals surface area contributed by atoms with Gasteiger partial charge in [-0.2, -0.15) is 0 Å². The molecule has 0 aromatic heterocycles. The molecule has 6 heteroatoms. The standard InChI is InChI=1S/C13H28N2O4/c1-3-5-17-7-9-19-10-8-18-6-4-15-11-13(12-16)14-2/h12-15H,3-11H2,1-2H3. The lowest BCUT2D eigenvalue weighted by Gasteiger charge is -2.10. The number of carbonyl (C=O) groups excluding carboxylic acids is 1. The molecule has 1 unspecified atom stereocenters. The molecule has 0 rings (SSSR count). The average Bonchev–Trinajstić information content (AvgIpc) is 2.44. The Morgan fingerprint density at radius 3 is 2.11 bits per heavy atom. The third-order valence-electron chi connectivity index (χ3n) is 2.41. The Hall–Kier alpha value is -0.530. The van der Waals surface area contributed by atoms with E-state index in [2.05, 4.69) is 17.6 Å². The summed E-state index contributed by atoms with van der Waals surface area (Å²) >= 11 is 0. The molecule has 0 radical (unpaired) electrons. The van der Waals surface area contributed by atoms with Crippen molar-refractivity contribution in [3.05, 3.63) is 0 Å². The first kappa shape index (κ1) is 18.5. The molecule has 0 saturated carbocycles. The summed E-state index contributed by atoms with van der Waals surface area (Å²) < 4.78 is 16.0. The first-order valence-electron chi connectivity index (χ1n) is 6.91. The highest BCUT2D eigenvalue weighted by atomic mass is 16.5. The minimum atomic E-state index is -0.133. The van der Waals surface area contributed by atoms with Crippen molar-refractivity contribution in [2.75, 3.05) is 59.8 Å². The molecule has 6 nitrogen and oxygen atoms in total. The summed E-state index contributed by atoms with van der Waals surface area (Å²) in [5.41, 5.74) is 0. The van der Waals surface area contributed by atoms with E-state index in [1.54, 1.807) is 7.05 Å². The molecule has 0 bridgehead atoms. The first-order chi connectivity index (χ1) is 9.35. The number of aldehydes is 1. The molecule has 19 heavy (non-hydrogen) atoms. The molecule has 0 aliphatic rings. The summed E-state index contributed by atoms with van der Waals surface area (Å²) in [7, 11) is 1.76. The van der Waals surface area contributed by atoms with Crippen LogP contribution in [0.1, 0.15) is 13.3 Å². The third kappa shape index (κ3) is 13.7. The summed E-state index contributed by atoms with van der Waals surface area (Å²) in [4.78, 5) is 10.5. The van der Waals surface area contributed by atoms with Gasteiger partial charge in [0.05, 0.1) is 39.1 Å². The Bertz CT molecular complexity index is 193. The van der Waals surface area contributed by atoms with Gasteiger partial charge >= 0.3 is 0 Å². The predicted molar refractivity (Wildman–Crippen MR) is 74.5 cm³/mol. The number of ether oxygens (including phenoxy) is 3.